The third-order valence-corrected chi connectivity index (χ3v) is 9.01. The Hall–Kier alpha value is -3.20. The number of nitrogens with zero attached hydrogens (tertiary/aromatic N) is 2. The van der Waals surface area contributed by atoms with Gasteiger partial charge >= 0.3 is 5.97 Å². The molecule has 3 aromatic carbocycles. The van der Waals surface area contributed by atoms with E-state index in [4.69, 9.17) is 27.9 Å². The Morgan fingerprint density at radius 2 is 1.72 bits per heavy atom. The minimum atomic E-state index is -1.46. The van der Waals surface area contributed by atoms with E-state index in [9.17, 15) is 19.1 Å². The lowest BCUT2D eigenvalue weighted by Crippen LogP contribution is -2.58. The molecule has 0 spiro atoms. The minimum Gasteiger partial charge on any atom is -0.493 e. The molecule has 0 radical (unpaired) electrons. The molecular weight excluding hydrogens is 597 g/mol. The molecule has 3 fully saturated rings. The molecule has 226 valence electrons. The summed E-state index contributed by atoms with van der Waals surface area (Å²) >= 11 is 12.7. The zero-order valence-corrected chi connectivity index (χ0v) is 25.1. The fraction of sp³-hybridized carbons (Fsp3) is 0.394. The number of carbonyl (C=O) groups excluding carboxylic acids is 1. The number of rotatable bonds is 9. The normalized spacial score (nSPS) is 22.2. The van der Waals surface area contributed by atoms with Crippen molar-refractivity contribution in [3.63, 3.8) is 0 Å². The molecule has 3 atom stereocenters. The number of halogens is 4. The lowest BCUT2D eigenvalue weighted by atomic mass is 9.79. The topological polar surface area (TPSA) is 70.1 Å². The van der Waals surface area contributed by atoms with Crippen LogP contribution in [-0.2, 0) is 4.79 Å². The maximum Gasteiger partial charge on any atom is 0.326 e. The highest BCUT2D eigenvalue weighted by Crippen LogP contribution is 2.47. The van der Waals surface area contributed by atoms with Gasteiger partial charge in [0.05, 0.1) is 24.8 Å². The molecular formula is C33H32Cl2F2N2O4. The first-order valence-corrected chi connectivity index (χ1v) is 15.2. The van der Waals surface area contributed by atoms with Gasteiger partial charge < -0.3 is 14.7 Å². The second-order valence-corrected chi connectivity index (χ2v) is 13.2. The molecule has 2 aliphatic heterocycles. The van der Waals surface area contributed by atoms with Crippen LogP contribution < -0.4 is 4.74 Å². The van der Waals surface area contributed by atoms with Gasteiger partial charge in [0.1, 0.15) is 23.8 Å². The number of hydrogen-bond acceptors (Lipinski definition) is 4. The Morgan fingerprint density at radius 3 is 2.35 bits per heavy atom. The van der Waals surface area contributed by atoms with Crippen LogP contribution in [0.15, 0.2) is 60.7 Å². The van der Waals surface area contributed by atoms with E-state index in [1.165, 1.54) is 12.1 Å². The SMILES string of the molecule is CC1(COc2cc(F)c(C(=O)N3C[C@H](F)CC3C(=O)O)cc2C2CC2)CN([C@@H](c2ccccc2)c2cc(Cl)cc(Cl)c2)C1. The molecule has 10 heteroatoms. The number of amides is 1. The van der Waals surface area contributed by atoms with Crippen LogP contribution in [0.3, 0.4) is 0 Å². The van der Waals surface area contributed by atoms with Crippen LogP contribution in [0.4, 0.5) is 8.78 Å². The van der Waals surface area contributed by atoms with E-state index in [-0.39, 0.29) is 35.9 Å². The van der Waals surface area contributed by atoms with Gasteiger partial charge in [0.25, 0.3) is 5.91 Å². The monoisotopic (exact) mass is 628 g/mol. The van der Waals surface area contributed by atoms with Gasteiger partial charge in [-0.2, -0.15) is 0 Å². The lowest BCUT2D eigenvalue weighted by Gasteiger charge is -2.51. The van der Waals surface area contributed by atoms with E-state index in [1.807, 2.05) is 30.3 Å². The van der Waals surface area contributed by atoms with Crippen LogP contribution in [0.1, 0.15) is 65.2 Å². The molecule has 6 rings (SSSR count). The molecule has 6 nitrogen and oxygen atoms in total. The van der Waals surface area contributed by atoms with E-state index in [1.54, 1.807) is 6.07 Å². The number of benzene rings is 3. The van der Waals surface area contributed by atoms with E-state index in [2.05, 4.69) is 24.0 Å². The van der Waals surface area contributed by atoms with Crippen LogP contribution in [0.2, 0.25) is 10.0 Å². The number of aliphatic carboxylic acids is 1. The highest BCUT2D eigenvalue weighted by atomic mass is 35.5. The van der Waals surface area contributed by atoms with E-state index < -0.39 is 29.9 Å². The summed E-state index contributed by atoms with van der Waals surface area (Å²) in [4.78, 5) is 28.0. The number of carboxylic acid groups (broad SMARTS) is 1. The largest absolute Gasteiger partial charge is 0.493 e. The summed E-state index contributed by atoms with van der Waals surface area (Å²) in [7, 11) is 0. The highest BCUT2D eigenvalue weighted by molar-refractivity contribution is 6.34. The van der Waals surface area contributed by atoms with Gasteiger partial charge in [-0.15, -0.1) is 0 Å². The second-order valence-electron chi connectivity index (χ2n) is 12.3. The summed E-state index contributed by atoms with van der Waals surface area (Å²) in [5.74, 6) is -2.40. The molecule has 1 unspecified atom stereocenters. The summed E-state index contributed by atoms with van der Waals surface area (Å²) in [6.07, 6.45) is 0.00850. The van der Waals surface area contributed by atoms with E-state index in [0.717, 1.165) is 34.4 Å². The van der Waals surface area contributed by atoms with Crippen LogP contribution in [0, 0.1) is 11.2 Å². The van der Waals surface area contributed by atoms with Gasteiger partial charge in [-0.05, 0) is 59.7 Å². The van der Waals surface area contributed by atoms with Gasteiger partial charge in [0.15, 0.2) is 0 Å². The first-order valence-electron chi connectivity index (χ1n) is 14.4. The zero-order chi connectivity index (χ0) is 30.5. The highest BCUT2D eigenvalue weighted by Gasteiger charge is 2.45. The average Bonchev–Trinajstić information content (AvgIpc) is 3.71. The molecule has 43 heavy (non-hydrogen) atoms. The minimum absolute atomic E-state index is 0.0561. The summed E-state index contributed by atoms with van der Waals surface area (Å²) in [6.45, 7) is 3.51. The Balaban J connectivity index is 1.19. The summed E-state index contributed by atoms with van der Waals surface area (Å²) < 4.78 is 35.6. The van der Waals surface area contributed by atoms with Crippen molar-refractivity contribution in [3.8, 4) is 5.75 Å². The fourth-order valence-corrected chi connectivity index (χ4v) is 6.96. The van der Waals surface area contributed by atoms with Gasteiger partial charge in [-0.3, -0.25) is 9.69 Å². The first-order chi connectivity index (χ1) is 20.5. The third kappa shape index (κ3) is 6.24. The molecule has 1 saturated carbocycles. The van der Waals surface area contributed by atoms with E-state index in [0.29, 0.717) is 35.5 Å². The molecule has 2 saturated heterocycles. The van der Waals surface area contributed by atoms with Crippen molar-refractivity contribution in [3.05, 3.63) is 98.8 Å². The van der Waals surface area contributed by atoms with Crippen molar-refractivity contribution < 1.29 is 28.2 Å². The van der Waals surface area contributed by atoms with Crippen LogP contribution in [0.25, 0.3) is 0 Å². The van der Waals surface area contributed by atoms with Gasteiger partial charge in [-0.1, -0.05) is 60.5 Å². The smallest absolute Gasteiger partial charge is 0.326 e. The predicted octanol–water partition coefficient (Wildman–Crippen LogP) is 7.14. The molecule has 0 aromatic heterocycles. The van der Waals surface area contributed by atoms with E-state index >= 15 is 4.39 Å². The Labute approximate surface area is 259 Å². The van der Waals surface area contributed by atoms with Gasteiger partial charge in [-0.25, -0.2) is 13.6 Å². The quantitative estimate of drug-likeness (QED) is 0.273. The lowest BCUT2D eigenvalue weighted by molar-refractivity contribution is -0.141. The van der Waals surface area contributed by atoms with Crippen molar-refractivity contribution in [1.82, 2.24) is 9.80 Å². The van der Waals surface area contributed by atoms with Crippen molar-refractivity contribution in [1.29, 1.82) is 0 Å². The standard InChI is InChI=1S/C33H32Cl2F2N2O4/c1-33(16-38(17-33)30(20-5-3-2-4-6-20)21-9-22(34)11-23(35)10-21)18-43-29-14-27(37)26(13-25(29)19-7-8-19)31(40)39-15-24(36)12-28(39)32(41)42/h2-6,9-11,13-14,19,24,28,30H,7-8,12,15-18H2,1H3,(H,41,42)/t24-,28?,30+/m1/s1. The molecule has 1 N–H and O–H groups in total. The first kappa shape index (κ1) is 29.9. The number of carbonyl (C=O) groups is 2. The maximum atomic E-state index is 15.4. The Bertz CT molecular complexity index is 1530. The van der Waals surface area contributed by atoms with Crippen molar-refractivity contribution in [2.24, 2.45) is 5.41 Å². The molecule has 3 aromatic rings. The van der Waals surface area contributed by atoms with Crippen molar-refractivity contribution in [2.45, 2.75) is 50.4 Å². The number of alkyl halides is 1. The molecule has 2 heterocycles. The average molecular weight is 630 g/mol. The zero-order valence-electron chi connectivity index (χ0n) is 23.6. The van der Waals surface area contributed by atoms with Crippen LogP contribution >= 0.6 is 23.2 Å². The van der Waals surface area contributed by atoms with Gasteiger partial charge in [0, 0.05) is 41.0 Å². The van der Waals surface area contributed by atoms with Crippen molar-refractivity contribution >= 4 is 35.1 Å². The second kappa shape index (κ2) is 11.7. The summed E-state index contributed by atoms with van der Waals surface area (Å²) in [5.41, 5.74) is 2.36. The molecule has 1 amide bonds. The molecule has 1 aliphatic carbocycles. The third-order valence-electron chi connectivity index (χ3n) is 8.57. The molecule has 3 aliphatic rings. The van der Waals surface area contributed by atoms with Crippen LogP contribution in [-0.4, -0.2) is 65.2 Å². The van der Waals surface area contributed by atoms with Gasteiger partial charge in [0.2, 0.25) is 0 Å². The number of ether oxygens (including phenoxy) is 1. The maximum absolute atomic E-state index is 15.4. The summed E-state index contributed by atoms with van der Waals surface area (Å²) in [5, 5.41) is 10.6. The summed E-state index contributed by atoms with van der Waals surface area (Å²) in [6, 6.07) is 17.0. The Kier molecular flexibility index (Phi) is 8.13. The number of hydrogen-bond donors (Lipinski definition) is 1. The Morgan fingerprint density at radius 1 is 1.05 bits per heavy atom. The fourth-order valence-electron chi connectivity index (χ4n) is 6.41. The number of carboxylic acids is 1. The van der Waals surface area contributed by atoms with Crippen molar-refractivity contribution in [2.75, 3.05) is 26.2 Å². The molecule has 0 bridgehead atoms. The van der Waals surface area contributed by atoms with Crippen LogP contribution in [0.5, 0.6) is 5.75 Å². The number of likely N-dealkylation sites (tertiary alicyclic amines) is 2. The predicted molar refractivity (Wildman–Crippen MR) is 160 cm³/mol.